The summed E-state index contributed by atoms with van der Waals surface area (Å²) < 4.78 is 0. The van der Waals surface area contributed by atoms with Crippen molar-refractivity contribution in [2.24, 2.45) is 5.41 Å². The minimum atomic E-state index is -1.20. The number of rotatable bonds is 3. The number of thiophene rings is 1. The van der Waals surface area contributed by atoms with Gasteiger partial charge in [-0.2, -0.15) is 0 Å². The monoisotopic (exact) mass is 310 g/mol. The summed E-state index contributed by atoms with van der Waals surface area (Å²) in [5.74, 6) is -1.38. The van der Waals surface area contributed by atoms with Crippen LogP contribution in [0.15, 0.2) is 0 Å². The Bertz CT molecular complexity index is 572. The van der Waals surface area contributed by atoms with Gasteiger partial charge < -0.3 is 20.1 Å². The SMILES string of the molecule is CC[NH+]1CCc2c(sc(NC(=O)C(C)(C)C)c2C(=O)[O-])C1. The third kappa shape index (κ3) is 3.27. The van der Waals surface area contributed by atoms with Crippen molar-refractivity contribution in [2.45, 2.75) is 40.7 Å². The van der Waals surface area contributed by atoms with E-state index in [9.17, 15) is 14.7 Å². The van der Waals surface area contributed by atoms with Crippen molar-refractivity contribution in [1.82, 2.24) is 0 Å². The second-order valence-electron chi connectivity index (χ2n) is 6.48. The summed E-state index contributed by atoms with van der Waals surface area (Å²) in [5, 5.41) is 14.7. The zero-order chi connectivity index (χ0) is 15.8. The molecule has 0 saturated heterocycles. The molecule has 2 N–H and O–H groups in total. The van der Waals surface area contributed by atoms with Crippen LogP contribution in [-0.2, 0) is 17.8 Å². The average molecular weight is 310 g/mol. The van der Waals surface area contributed by atoms with Crippen molar-refractivity contribution in [3.05, 3.63) is 16.0 Å². The fourth-order valence-electron chi connectivity index (χ4n) is 2.43. The molecular formula is C15H22N2O3S. The topological polar surface area (TPSA) is 73.7 Å². The van der Waals surface area contributed by atoms with Gasteiger partial charge >= 0.3 is 0 Å². The number of quaternary nitrogens is 1. The number of aromatic carboxylic acids is 1. The van der Waals surface area contributed by atoms with Gasteiger partial charge in [-0.25, -0.2) is 0 Å². The van der Waals surface area contributed by atoms with Crippen LogP contribution < -0.4 is 15.3 Å². The van der Waals surface area contributed by atoms with Gasteiger partial charge in [-0.05, 0) is 12.5 Å². The first-order valence-corrected chi connectivity index (χ1v) is 8.06. The third-order valence-electron chi connectivity index (χ3n) is 3.84. The van der Waals surface area contributed by atoms with Gasteiger partial charge in [0.25, 0.3) is 0 Å². The van der Waals surface area contributed by atoms with Crippen LogP contribution in [0.2, 0.25) is 0 Å². The first-order valence-electron chi connectivity index (χ1n) is 7.25. The second kappa shape index (κ2) is 5.77. The van der Waals surface area contributed by atoms with Gasteiger partial charge in [-0.15, -0.1) is 11.3 Å². The van der Waals surface area contributed by atoms with E-state index >= 15 is 0 Å². The average Bonchev–Trinajstić information content (AvgIpc) is 2.74. The maximum Gasteiger partial charge on any atom is 0.230 e. The molecule has 0 spiro atoms. The molecule has 6 heteroatoms. The zero-order valence-electron chi connectivity index (χ0n) is 13.0. The van der Waals surface area contributed by atoms with Crippen molar-refractivity contribution >= 4 is 28.2 Å². The molecule has 1 unspecified atom stereocenters. The second-order valence-corrected chi connectivity index (χ2v) is 7.58. The predicted molar refractivity (Wildman–Crippen MR) is 80.5 cm³/mol. The lowest BCUT2D eigenvalue weighted by atomic mass is 9.95. The van der Waals surface area contributed by atoms with Gasteiger partial charge in [0.2, 0.25) is 5.91 Å². The maximum atomic E-state index is 12.1. The Morgan fingerprint density at radius 2 is 2.05 bits per heavy atom. The molecule has 1 aromatic rings. The number of fused-ring (bicyclic) bond motifs is 1. The molecule has 0 aromatic carbocycles. The summed E-state index contributed by atoms with van der Waals surface area (Å²) in [5.41, 5.74) is 0.471. The van der Waals surface area contributed by atoms with E-state index in [0.717, 1.165) is 36.5 Å². The Morgan fingerprint density at radius 3 is 2.57 bits per heavy atom. The first-order chi connectivity index (χ1) is 9.74. The highest BCUT2D eigenvalue weighted by Gasteiger charge is 2.29. The summed E-state index contributed by atoms with van der Waals surface area (Å²) in [6, 6.07) is 0. The van der Waals surface area contributed by atoms with Gasteiger partial charge in [0, 0.05) is 17.4 Å². The molecule has 21 heavy (non-hydrogen) atoms. The standard InChI is InChI=1S/C15H22N2O3S/c1-5-17-7-6-9-10(8-17)21-12(11(9)13(18)19)16-14(20)15(2,3)4/h5-8H2,1-4H3,(H,16,20)(H,18,19). The number of carbonyl (C=O) groups is 2. The number of carboxylic acids is 1. The van der Waals surface area contributed by atoms with E-state index in [1.54, 1.807) is 20.8 Å². The van der Waals surface area contributed by atoms with Crippen LogP contribution in [-0.4, -0.2) is 25.0 Å². The molecule has 1 aliphatic rings. The molecule has 2 rings (SSSR count). The highest BCUT2D eigenvalue weighted by molar-refractivity contribution is 7.16. The lowest BCUT2D eigenvalue weighted by Gasteiger charge is -2.23. The van der Waals surface area contributed by atoms with Crippen LogP contribution in [0.5, 0.6) is 0 Å². The van der Waals surface area contributed by atoms with E-state index in [1.807, 2.05) is 0 Å². The summed E-state index contributed by atoms with van der Waals surface area (Å²) in [6.07, 6.45) is 0.726. The molecule has 1 amide bonds. The number of amides is 1. The molecule has 0 saturated carbocycles. The molecule has 1 aromatic heterocycles. The summed E-state index contributed by atoms with van der Waals surface area (Å²) >= 11 is 1.38. The van der Waals surface area contributed by atoms with E-state index in [4.69, 9.17) is 0 Å². The van der Waals surface area contributed by atoms with E-state index in [2.05, 4.69) is 12.2 Å². The smallest absolute Gasteiger partial charge is 0.230 e. The Labute approximate surface area is 129 Å². The highest BCUT2D eigenvalue weighted by atomic mass is 32.1. The van der Waals surface area contributed by atoms with E-state index < -0.39 is 11.4 Å². The fraction of sp³-hybridized carbons (Fsp3) is 0.600. The van der Waals surface area contributed by atoms with E-state index in [0.29, 0.717) is 5.00 Å². The fourth-order valence-corrected chi connectivity index (χ4v) is 3.74. The Hall–Kier alpha value is -1.40. The quantitative estimate of drug-likeness (QED) is 0.829. The van der Waals surface area contributed by atoms with Crippen LogP contribution in [0, 0.1) is 5.41 Å². The molecular weight excluding hydrogens is 288 g/mol. The lowest BCUT2D eigenvalue weighted by Crippen LogP contribution is -3.11. The van der Waals surface area contributed by atoms with Crippen LogP contribution >= 0.6 is 11.3 Å². The van der Waals surface area contributed by atoms with Crippen LogP contribution in [0.1, 0.15) is 48.5 Å². The number of likely N-dealkylation sites (N-methyl/N-ethyl adjacent to an activating group) is 1. The number of carbonyl (C=O) groups excluding carboxylic acids is 2. The summed E-state index contributed by atoms with van der Waals surface area (Å²) in [7, 11) is 0. The van der Waals surface area contributed by atoms with Crippen molar-refractivity contribution in [1.29, 1.82) is 0 Å². The van der Waals surface area contributed by atoms with E-state index in [1.165, 1.54) is 16.2 Å². The Kier molecular flexibility index (Phi) is 4.39. The van der Waals surface area contributed by atoms with Crippen LogP contribution in [0.25, 0.3) is 0 Å². The molecule has 0 bridgehead atoms. The highest BCUT2D eigenvalue weighted by Crippen LogP contribution is 2.35. The zero-order valence-corrected chi connectivity index (χ0v) is 13.8. The Balaban J connectivity index is 2.36. The summed E-state index contributed by atoms with van der Waals surface area (Å²) in [6.45, 7) is 10.3. The van der Waals surface area contributed by atoms with Crippen molar-refractivity contribution in [3.8, 4) is 0 Å². The van der Waals surface area contributed by atoms with Crippen molar-refractivity contribution in [3.63, 3.8) is 0 Å². The van der Waals surface area contributed by atoms with Gasteiger partial charge in [-0.3, -0.25) is 4.79 Å². The van der Waals surface area contributed by atoms with Crippen LogP contribution in [0.3, 0.4) is 0 Å². The number of anilines is 1. The Morgan fingerprint density at radius 1 is 1.38 bits per heavy atom. The lowest BCUT2D eigenvalue weighted by molar-refractivity contribution is -0.913. The molecule has 0 aliphatic carbocycles. The molecule has 116 valence electrons. The predicted octanol–water partition coefficient (Wildman–Crippen LogP) is 0.0571. The maximum absolute atomic E-state index is 12.1. The van der Waals surface area contributed by atoms with Crippen molar-refractivity contribution in [2.75, 3.05) is 18.4 Å². The largest absolute Gasteiger partial charge is 0.545 e. The molecule has 0 radical (unpaired) electrons. The normalized spacial score (nSPS) is 18.2. The molecule has 5 nitrogen and oxygen atoms in total. The van der Waals surface area contributed by atoms with Crippen molar-refractivity contribution < 1.29 is 19.6 Å². The minimum absolute atomic E-state index is 0.178. The van der Waals surface area contributed by atoms with E-state index in [-0.39, 0.29) is 11.5 Å². The summed E-state index contributed by atoms with van der Waals surface area (Å²) in [4.78, 5) is 26.1. The van der Waals surface area contributed by atoms with Gasteiger partial charge in [0.05, 0.1) is 23.9 Å². The van der Waals surface area contributed by atoms with Crippen LogP contribution in [0.4, 0.5) is 5.00 Å². The molecule has 0 fully saturated rings. The van der Waals surface area contributed by atoms with Gasteiger partial charge in [0.1, 0.15) is 11.5 Å². The minimum Gasteiger partial charge on any atom is -0.545 e. The number of carboxylic acid groups (broad SMARTS) is 1. The molecule has 1 aliphatic heterocycles. The first kappa shape index (κ1) is 16.0. The number of nitrogens with one attached hydrogen (secondary N) is 2. The molecule has 2 heterocycles. The van der Waals surface area contributed by atoms with Gasteiger partial charge in [-0.1, -0.05) is 20.8 Å². The molecule has 1 atom stereocenters. The number of hydrogen-bond acceptors (Lipinski definition) is 4. The number of hydrogen-bond donors (Lipinski definition) is 2. The van der Waals surface area contributed by atoms with Gasteiger partial charge in [0.15, 0.2) is 0 Å². The third-order valence-corrected chi connectivity index (χ3v) is 4.99.